The van der Waals surface area contributed by atoms with Gasteiger partial charge in [-0.3, -0.25) is 0 Å². The first-order chi connectivity index (χ1) is 13.2. The van der Waals surface area contributed by atoms with Crippen molar-refractivity contribution in [2.75, 3.05) is 33.7 Å². The van der Waals surface area contributed by atoms with Crippen molar-refractivity contribution >= 4 is 5.96 Å². The van der Waals surface area contributed by atoms with Crippen molar-refractivity contribution < 1.29 is 13.9 Å². The van der Waals surface area contributed by atoms with Crippen molar-refractivity contribution in [2.24, 2.45) is 4.99 Å². The largest absolute Gasteiger partial charge is 0.463 e. The van der Waals surface area contributed by atoms with Crippen LogP contribution in [0.4, 0.5) is 4.39 Å². The summed E-state index contributed by atoms with van der Waals surface area (Å²) in [7, 11) is 3.90. The lowest BCUT2D eigenvalue weighted by molar-refractivity contribution is 0.0428. The van der Waals surface area contributed by atoms with Crippen LogP contribution in [0.25, 0.3) is 0 Å². The monoisotopic (exact) mass is 390 g/mol. The molecule has 2 aromatic rings. The van der Waals surface area contributed by atoms with E-state index in [4.69, 9.17) is 4.42 Å². The van der Waals surface area contributed by atoms with Crippen molar-refractivity contribution in [1.82, 2.24) is 15.5 Å². The van der Waals surface area contributed by atoms with Crippen LogP contribution in [0.2, 0.25) is 0 Å². The summed E-state index contributed by atoms with van der Waals surface area (Å²) >= 11 is 0. The third-order valence-electron chi connectivity index (χ3n) is 4.48. The van der Waals surface area contributed by atoms with Gasteiger partial charge in [0.15, 0.2) is 5.96 Å². The number of likely N-dealkylation sites (N-methyl/N-ethyl adjacent to an activating group) is 1. The average Bonchev–Trinajstić information content (AvgIpc) is 3.07. The number of guanidine groups is 1. The zero-order chi connectivity index (χ0) is 20.7. The normalized spacial score (nSPS) is 15.4. The predicted octanol–water partition coefficient (Wildman–Crippen LogP) is 2.79. The van der Waals surface area contributed by atoms with Crippen molar-refractivity contribution in [3.8, 4) is 0 Å². The highest BCUT2D eigenvalue weighted by Crippen LogP contribution is 2.23. The van der Waals surface area contributed by atoms with Crippen LogP contribution in [0.5, 0.6) is 0 Å². The summed E-state index contributed by atoms with van der Waals surface area (Å²) in [6.45, 7) is 6.84. The van der Waals surface area contributed by atoms with Gasteiger partial charge in [-0.25, -0.2) is 9.38 Å². The number of aliphatic imine (C=N–C) groups is 1. The molecule has 154 valence electrons. The number of halogens is 1. The molecule has 0 radical (unpaired) electrons. The van der Waals surface area contributed by atoms with Gasteiger partial charge in [0, 0.05) is 13.1 Å². The van der Waals surface area contributed by atoms with Crippen molar-refractivity contribution in [2.45, 2.75) is 32.4 Å². The summed E-state index contributed by atoms with van der Waals surface area (Å²) in [4.78, 5) is 6.53. The van der Waals surface area contributed by atoms with E-state index in [1.165, 1.54) is 6.07 Å². The third-order valence-corrected chi connectivity index (χ3v) is 4.48. The molecule has 0 fully saturated rings. The number of aryl methyl sites for hydroxylation is 1. The second-order valence-corrected chi connectivity index (χ2v) is 7.29. The summed E-state index contributed by atoms with van der Waals surface area (Å²) in [5, 5.41) is 17.1. The fourth-order valence-corrected chi connectivity index (χ4v) is 2.88. The maximum Gasteiger partial charge on any atom is 0.191 e. The van der Waals surface area contributed by atoms with E-state index in [0.717, 1.165) is 11.3 Å². The number of aliphatic hydroxyl groups is 1. The van der Waals surface area contributed by atoms with Gasteiger partial charge in [0.05, 0.1) is 12.6 Å². The molecule has 1 aromatic carbocycles. The SMILES string of the molecule is CCNC(=NCC(C)(O)c1ccc(C)o1)NCC(c1cccc(F)c1)N(C)C. The Morgan fingerprint density at radius 2 is 2.04 bits per heavy atom. The molecule has 0 amide bonds. The molecule has 6 nitrogen and oxygen atoms in total. The zero-order valence-corrected chi connectivity index (χ0v) is 17.3. The lowest BCUT2D eigenvalue weighted by atomic mass is 10.0. The Hall–Kier alpha value is -2.38. The second-order valence-electron chi connectivity index (χ2n) is 7.29. The van der Waals surface area contributed by atoms with Crippen LogP contribution in [-0.2, 0) is 5.60 Å². The minimum Gasteiger partial charge on any atom is -0.463 e. The highest BCUT2D eigenvalue weighted by molar-refractivity contribution is 5.79. The van der Waals surface area contributed by atoms with Gasteiger partial charge in [0.1, 0.15) is 22.9 Å². The molecule has 0 saturated heterocycles. The second kappa shape index (κ2) is 9.71. The lowest BCUT2D eigenvalue weighted by Crippen LogP contribution is -2.42. The number of nitrogens with zero attached hydrogens (tertiary/aromatic N) is 2. The first kappa shape index (κ1) is 21.9. The Labute approximate surface area is 166 Å². The molecule has 1 aromatic heterocycles. The van der Waals surface area contributed by atoms with Crippen LogP contribution in [0, 0.1) is 12.7 Å². The molecule has 2 unspecified atom stereocenters. The van der Waals surface area contributed by atoms with E-state index in [2.05, 4.69) is 15.6 Å². The number of rotatable bonds is 8. The van der Waals surface area contributed by atoms with Gasteiger partial charge in [-0.2, -0.15) is 0 Å². The van der Waals surface area contributed by atoms with Gasteiger partial charge < -0.3 is 25.1 Å². The van der Waals surface area contributed by atoms with Crippen molar-refractivity contribution in [3.05, 3.63) is 59.3 Å². The molecule has 0 spiro atoms. The maximum atomic E-state index is 13.6. The van der Waals surface area contributed by atoms with E-state index < -0.39 is 5.60 Å². The first-order valence-electron chi connectivity index (χ1n) is 9.46. The van der Waals surface area contributed by atoms with E-state index >= 15 is 0 Å². The molecular weight excluding hydrogens is 359 g/mol. The molecule has 1 heterocycles. The van der Waals surface area contributed by atoms with Crippen LogP contribution in [0.3, 0.4) is 0 Å². The zero-order valence-electron chi connectivity index (χ0n) is 17.3. The Balaban J connectivity index is 2.09. The van der Waals surface area contributed by atoms with E-state index in [9.17, 15) is 9.50 Å². The number of hydrogen-bond acceptors (Lipinski definition) is 4. The standard InChI is InChI=1S/C21H31FN4O2/c1-6-23-20(25-14-21(3,27)19-11-10-15(2)28-19)24-13-18(26(4)5)16-8-7-9-17(22)12-16/h7-12,18,27H,6,13-14H2,1-5H3,(H2,23,24,25). The average molecular weight is 391 g/mol. The smallest absolute Gasteiger partial charge is 0.191 e. The molecule has 28 heavy (non-hydrogen) atoms. The van der Waals surface area contributed by atoms with Gasteiger partial charge in [0.2, 0.25) is 0 Å². The molecule has 2 atom stereocenters. The van der Waals surface area contributed by atoms with Crippen LogP contribution in [-0.4, -0.2) is 49.7 Å². The van der Waals surface area contributed by atoms with Gasteiger partial charge in [-0.15, -0.1) is 0 Å². The molecule has 0 saturated carbocycles. The van der Waals surface area contributed by atoms with Gasteiger partial charge in [-0.05, 0) is 64.7 Å². The summed E-state index contributed by atoms with van der Waals surface area (Å²) < 4.78 is 19.2. The summed E-state index contributed by atoms with van der Waals surface area (Å²) in [6, 6.07) is 10.1. The van der Waals surface area contributed by atoms with Crippen LogP contribution in [0.1, 0.15) is 37.0 Å². The highest BCUT2D eigenvalue weighted by Gasteiger charge is 2.27. The van der Waals surface area contributed by atoms with Crippen molar-refractivity contribution in [1.29, 1.82) is 0 Å². The fourth-order valence-electron chi connectivity index (χ4n) is 2.88. The molecule has 0 aliphatic carbocycles. The minimum atomic E-state index is -1.21. The summed E-state index contributed by atoms with van der Waals surface area (Å²) in [5.74, 6) is 1.55. The van der Waals surface area contributed by atoms with Crippen LogP contribution in [0.15, 0.2) is 45.8 Å². The van der Waals surface area contributed by atoms with Gasteiger partial charge in [-0.1, -0.05) is 12.1 Å². The molecule has 0 bridgehead atoms. The van der Waals surface area contributed by atoms with Gasteiger partial charge >= 0.3 is 0 Å². The third kappa shape index (κ3) is 6.07. The number of benzene rings is 1. The number of nitrogens with one attached hydrogen (secondary N) is 2. The van der Waals surface area contributed by atoms with E-state index in [1.807, 2.05) is 45.0 Å². The van der Waals surface area contributed by atoms with E-state index in [0.29, 0.717) is 24.8 Å². The molecule has 7 heteroatoms. The van der Waals surface area contributed by atoms with E-state index in [1.54, 1.807) is 25.1 Å². The quantitative estimate of drug-likeness (QED) is 0.478. The fraction of sp³-hybridized carbons (Fsp3) is 0.476. The highest BCUT2D eigenvalue weighted by atomic mass is 19.1. The molecule has 0 aliphatic rings. The Bertz CT molecular complexity index is 786. The Morgan fingerprint density at radius 3 is 2.61 bits per heavy atom. The predicted molar refractivity (Wildman–Crippen MR) is 110 cm³/mol. The Morgan fingerprint density at radius 1 is 1.29 bits per heavy atom. The number of furan rings is 1. The minimum absolute atomic E-state index is 0.0345. The molecule has 0 aliphatic heterocycles. The maximum absolute atomic E-state index is 13.6. The van der Waals surface area contributed by atoms with Crippen LogP contribution >= 0.6 is 0 Å². The first-order valence-corrected chi connectivity index (χ1v) is 9.46. The summed E-state index contributed by atoms with van der Waals surface area (Å²) in [6.07, 6.45) is 0. The molecule has 3 N–H and O–H groups in total. The number of hydrogen-bond donors (Lipinski definition) is 3. The molecule has 2 rings (SSSR count). The topological polar surface area (TPSA) is 73.0 Å². The summed E-state index contributed by atoms with van der Waals surface area (Å²) in [5.41, 5.74) is -0.327. The lowest BCUT2D eigenvalue weighted by Gasteiger charge is -2.26. The van der Waals surface area contributed by atoms with E-state index in [-0.39, 0.29) is 18.4 Å². The van der Waals surface area contributed by atoms with Crippen molar-refractivity contribution in [3.63, 3.8) is 0 Å². The van der Waals surface area contributed by atoms with Gasteiger partial charge in [0.25, 0.3) is 0 Å². The Kier molecular flexibility index (Phi) is 7.60. The van der Waals surface area contributed by atoms with Crippen LogP contribution < -0.4 is 10.6 Å². The molecular formula is C21H31FN4O2.